The van der Waals surface area contributed by atoms with Gasteiger partial charge >= 0.3 is 0 Å². The van der Waals surface area contributed by atoms with Gasteiger partial charge in [-0.2, -0.15) is 5.26 Å². The topological polar surface area (TPSA) is 62.5 Å². The van der Waals surface area contributed by atoms with E-state index in [0.29, 0.717) is 23.0 Å². The Labute approximate surface area is 405 Å². The molecule has 0 N–H and O–H groups in total. The van der Waals surface area contributed by atoms with Crippen molar-refractivity contribution in [3.8, 4) is 129 Å². The Morgan fingerprint density at radius 1 is 0.257 bits per heavy atom. The molecule has 12 aromatic rings. The number of nitriles is 1. The van der Waals surface area contributed by atoms with E-state index in [4.69, 9.17) is 15.0 Å². The fourth-order valence-electron chi connectivity index (χ4n) is 11.0. The number of benzene rings is 11. The second kappa shape index (κ2) is 15.8. The minimum absolute atomic E-state index is 0.586. The highest BCUT2D eigenvalue weighted by atomic mass is 15.0. The van der Waals surface area contributed by atoms with Gasteiger partial charge in [0, 0.05) is 22.3 Å². The highest BCUT2D eigenvalue weighted by Gasteiger charge is 2.25. The van der Waals surface area contributed by atoms with Crippen molar-refractivity contribution in [3.05, 3.63) is 236 Å². The molecule has 4 heteroatoms. The number of hydrogen-bond acceptors (Lipinski definition) is 4. The Morgan fingerprint density at radius 2 is 0.686 bits per heavy atom. The van der Waals surface area contributed by atoms with E-state index in [1.54, 1.807) is 0 Å². The zero-order valence-electron chi connectivity index (χ0n) is 37.7. The van der Waals surface area contributed by atoms with E-state index in [1.807, 2.05) is 42.5 Å². The third-order valence-electron chi connectivity index (χ3n) is 14.3. The largest absolute Gasteiger partial charge is 0.208 e. The van der Waals surface area contributed by atoms with Crippen molar-refractivity contribution in [3.63, 3.8) is 0 Å². The van der Waals surface area contributed by atoms with Crippen molar-refractivity contribution < 1.29 is 0 Å². The molecular formula is C66H38N4. The van der Waals surface area contributed by atoms with Crippen LogP contribution in [-0.2, 0) is 0 Å². The lowest BCUT2D eigenvalue weighted by molar-refractivity contribution is 1.08. The summed E-state index contributed by atoms with van der Waals surface area (Å²) in [6.07, 6.45) is 0. The molecule has 0 bridgehead atoms. The zero-order valence-corrected chi connectivity index (χ0v) is 37.7. The molecule has 0 saturated carbocycles. The van der Waals surface area contributed by atoms with Crippen LogP contribution >= 0.6 is 0 Å². The lowest BCUT2D eigenvalue weighted by Gasteiger charge is -2.13. The van der Waals surface area contributed by atoms with Crippen LogP contribution in [0, 0.1) is 11.3 Å². The van der Waals surface area contributed by atoms with Crippen LogP contribution in [0.4, 0.5) is 0 Å². The van der Waals surface area contributed by atoms with E-state index >= 15 is 0 Å². The van der Waals surface area contributed by atoms with Crippen molar-refractivity contribution >= 4 is 21.5 Å². The van der Waals surface area contributed by atoms with E-state index < -0.39 is 0 Å². The van der Waals surface area contributed by atoms with Crippen LogP contribution in [0.2, 0.25) is 0 Å². The number of hydrogen-bond donors (Lipinski definition) is 0. The molecule has 2 aliphatic rings. The molecule has 0 aliphatic heterocycles. The first kappa shape index (κ1) is 39.6. The Bertz CT molecular complexity index is 4160. The molecule has 1 heterocycles. The fourth-order valence-corrected chi connectivity index (χ4v) is 11.0. The van der Waals surface area contributed by atoms with Crippen LogP contribution in [0.5, 0.6) is 0 Å². The Balaban J connectivity index is 0.820. The average Bonchev–Trinajstić information content (AvgIpc) is 3.94. The Kier molecular flexibility index (Phi) is 8.92. The minimum atomic E-state index is 0.586. The maximum Gasteiger partial charge on any atom is 0.164 e. The fraction of sp³-hybridized carbons (Fsp3) is 0. The maximum absolute atomic E-state index is 10.5. The molecule has 0 atom stereocenters. The molecule has 0 fully saturated rings. The van der Waals surface area contributed by atoms with E-state index in [1.165, 1.54) is 66.2 Å². The smallest absolute Gasteiger partial charge is 0.164 e. The Morgan fingerprint density at radius 3 is 1.39 bits per heavy atom. The lowest BCUT2D eigenvalue weighted by atomic mass is 9.91. The van der Waals surface area contributed by atoms with Gasteiger partial charge in [0.1, 0.15) is 0 Å². The second-order valence-electron chi connectivity index (χ2n) is 18.2. The van der Waals surface area contributed by atoms with Crippen molar-refractivity contribution in [2.45, 2.75) is 0 Å². The molecule has 14 rings (SSSR count). The van der Waals surface area contributed by atoms with E-state index in [2.05, 4.69) is 194 Å². The molecule has 0 spiro atoms. The molecule has 322 valence electrons. The van der Waals surface area contributed by atoms with Crippen molar-refractivity contribution in [2.24, 2.45) is 0 Å². The summed E-state index contributed by atoms with van der Waals surface area (Å²) in [5.41, 5.74) is 21.9. The summed E-state index contributed by atoms with van der Waals surface area (Å²) in [5.74, 6) is 1.82. The lowest BCUT2D eigenvalue weighted by Crippen LogP contribution is -2.00. The first-order chi connectivity index (χ1) is 34.6. The van der Waals surface area contributed by atoms with Gasteiger partial charge in [0.2, 0.25) is 0 Å². The molecule has 0 radical (unpaired) electrons. The summed E-state index contributed by atoms with van der Waals surface area (Å²) in [4.78, 5) is 15.5. The van der Waals surface area contributed by atoms with Gasteiger partial charge < -0.3 is 0 Å². The predicted molar refractivity (Wildman–Crippen MR) is 286 cm³/mol. The second-order valence-corrected chi connectivity index (χ2v) is 18.2. The summed E-state index contributed by atoms with van der Waals surface area (Å²) >= 11 is 0. The third kappa shape index (κ3) is 6.34. The number of aromatic nitrogens is 3. The first-order valence-electron chi connectivity index (χ1n) is 23.6. The number of nitrogens with zero attached hydrogens (tertiary/aromatic N) is 4. The SMILES string of the molecule is N#Cc1ccc(-c2cccc(-c3nc(-c4ccccc4)nc(-c4ccc5c6c(cccc46)-c4ccccc4-5)n3)c2)cc1-c1cccc(-c2cccc(-c3ccc4c(c3)-c3cccc5cccc-4c35)c2)c1. The summed E-state index contributed by atoms with van der Waals surface area (Å²) in [6.45, 7) is 0. The predicted octanol–water partition coefficient (Wildman–Crippen LogP) is 17.0. The standard InChI is InChI=1S/C66H38N4/c67-39-50-29-28-46(37-60(50)48-20-7-18-44(35-48)42-16-6-17-43(34-42)47-30-31-53-54-24-9-14-40-15-10-25-57(62(40)54)61(53)38-47)45-19-8-21-49(36-45)65-68-64(41-12-2-1-3-13-41)69-66(70-65)59-33-32-58-52-23-5-4-22-51(52)55-26-11-27-56(59)63(55)58/h1-38H. The monoisotopic (exact) mass is 886 g/mol. The van der Waals surface area contributed by atoms with Crippen LogP contribution in [0.3, 0.4) is 0 Å². The molecule has 11 aromatic carbocycles. The van der Waals surface area contributed by atoms with E-state index in [9.17, 15) is 5.26 Å². The van der Waals surface area contributed by atoms with Crippen LogP contribution in [0.1, 0.15) is 5.56 Å². The van der Waals surface area contributed by atoms with Gasteiger partial charge in [-0.3, -0.25) is 0 Å². The van der Waals surface area contributed by atoms with E-state index in [0.717, 1.165) is 61.0 Å². The first-order valence-corrected chi connectivity index (χ1v) is 23.6. The highest BCUT2D eigenvalue weighted by Crippen LogP contribution is 2.50. The number of rotatable bonds is 7. The quantitative estimate of drug-likeness (QED) is 0.160. The van der Waals surface area contributed by atoms with Gasteiger partial charge in [0.15, 0.2) is 17.5 Å². The molecular weight excluding hydrogens is 849 g/mol. The van der Waals surface area contributed by atoms with Gasteiger partial charge in [-0.1, -0.05) is 188 Å². The molecule has 0 saturated heterocycles. The summed E-state index contributed by atoms with van der Waals surface area (Å²) in [7, 11) is 0. The van der Waals surface area contributed by atoms with Gasteiger partial charge in [0.05, 0.1) is 11.6 Å². The minimum Gasteiger partial charge on any atom is -0.208 e. The van der Waals surface area contributed by atoms with Gasteiger partial charge in [-0.25, -0.2) is 15.0 Å². The van der Waals surface area contributed by atoms with Crippen LogP contribution in [0.25, 0.3) is 145 Å². The van der Waals surface area contributed by atoms with Gasteiger partial charge in [-0.15, -0.1) is 0 Å². The summed E-state index contributed by atoms with van der Waals surface area (Å²) in [5, 5.41) is 15.4. The molecule has 2 aliphatic carbocycles. The summed E-state index contributed by atoms with van der Waals surface area (Å²) in [6, 6.07) is 83.9. The molecule has 4 nitrogen and oxygen atoms in total. The highest BCUT2D eigenvalue weighted by molar-refractivity contribution is 6.18. The Hall–Kier alpha value is -9.56. The molecule has 0 amide bonds. The molecule has 1 aromatic heterocycles. The van der Waals surface area contributed by atoms with Gasteiger partial charge in [-0.05, 0) is 147 Å². The number of fused-ring (bicyclic) bond motifs is 6. The van der Waals surface area contributed by atoms with Crippen molar-refractivity contribution in [1.29, 1.82) is 5.26 Å². The van der Waals surface area contributed by atoms with Crippen LogP contribution < -0.4 is 0 Å². The van der Waals surface area contributed by atoms with Crippen LogP contribution in [0.15, 0.2) is 231 Å². The van der Waals surface area contributed by atoms with Crippen LogP contribution in [-0.4, -0.2) is 15.0 Å². The average molecular weight is 887 g/mol. The zero-order chi connectivity index (χ0) is 46.3. The van der Waals surface area contributed by atoms with Crippen molar-refractivity contribution in [1.82, 2.24) is 15.0 Å². The van der Waals surface area contributed by atoms with E-state index in [-0.39, 0.29) is 0 Å². The summed E-state index contributed by atoms with van der Waals surface area (Å²) < 4.78 is 0. The van der Waals surface area contributed by atoms with Crippen molar-refractivity contribution in [2.75, 3.05) is 0 Å². The normalized spacial score (nSPS) is 11.7. The molecule has 0 unspecified atom stereocenters. The van der Waals surface area contributed by atoms with Gasteiger partial charge in [0.25, 0.3) is 0 Å². The maximum atomic E-state index is 10.5. The third-order valence-corrected chi connectivity index (χ3v) is 14.3. The molecule has 70 heavy (non-hydrogen) atoms.